The van der Waals surface area contributed by atoms with E-state index in [9.17, 15) is 0 Å². The van der Waals surface area contributed by atoms with E-state index in [4.69, 9.17) is 0 Å². The molecular weight excluding hydrogens is 541 g/mol. The van der Waals surface area contributed by atoms with Gasteiger partial charge in [-0.25, -0.2) is 0 Å². The van der Waals surface area contributed by atoms with Crippen LogP contribution < -0.4 is 0 Å². The van der Waals surface area contributed by atoms with Gasteiger partial charge in [-0.1, -0.05) is 6.92 Å². The average Bonchev–Trinajstić information content (AvgIpc) is 3.60. The van der Waals surface area contributed by atoms with Crippen molar-refractivity contribution in [1.29, 1.82) is 0 Å². The van der Waals surface area contributed by atoms with Crippen molar-refractivity contribution in [3.8, 4) is 0 Å². The van der Waals surface area contributed by atoms with E-state index in [0.717, 1.165) is 27.6 Å². The molecule has 0 nitrogen and oxygen atoms in total. The molecule has 4 unspecified atom stereocenters. The van der Waals surface area contributed by atoms with Gasteiger partial charge in [0, 0.05) is 84.8 Å². The van der Waals surface area contributed by atoms with Crippen LogP contribution in [0.1, 0.15) is 6.92 Å². The molecule has 3 rings (SSSR count). The minimum atomic E-state index is 0.866. The van der Waals surface area contributed by atoms with Crippen LogP contribution >= 0.6 is 106 Å². The molecule has 3 fully saturated rings. The Kier molecular flexibility index (Phi) is 16.2. The summed E-state index contributed by atoms with van der Waals surface area (Å²) in [4.78, 5) is 0. The molecule has 0 saturated carbocycles. The van der Waals surface area contributed by atoms with E-state index in [1.165, 1.54) is 86.3 Å². The summed E-state index contributed by atoms with van der Waals surface area (Å²) in [6.07, 6.45) is 0. The third kappa shape index (κ3) is 15.2. The molecule has 0 amide bonds. The van der Waals surface area contributed by atoms with Gasteiger partial charge in [0.2, 0.25) is 0 Å². The molecule has 3 heterocycles. The van der Waals surface area contributed by atoms with Crippen LogP contribution in [-0.2, 0) is 0 Å². The second kappa shape index (κ2) is 17.6. The zero-order valence-electron chi connectivity index (χ0n) is 18.2. The maximum Gasteiger partial charge on any atom is 0.0229 e. The second-order valence-corrected chi connectivity index (χ2v) is 19.0. The third-order valence-corrected chi connectivity index (χ3v) is 16.4. The molecule has 176 valence electrons. The molecule has 0 aromatic heterocycles. The van der Waals surface area contributed by atoms with Crippen LogP contribution in [-0.4, -0.2) is 102 Å². The lowest BCUT2D eigenvalue weighted by molar-refractivity contribution is 0.480. The lowest BCUT2D eigenvalue weighted by Crippen LogP contribution is -2.20. The van der Waals surface area contributed by atoms with Crippen LogP contribution in [0.3, 0.4) is 0 Å². The standard InChI is InChI=1S/C21H38S9/c1-17(8-22-2-5-25-11-19-14-28-19)18(9-23-3-6-26-12-20-15-29-20)10-24-4-7-27-13-21-16-30-21/h17-21H,2-16H2,1H3. The van der Waals surface area contributed by atoms with E-state index < -0.39 is 0 Å². The van der Waals surface area contributed by atoms with Gasteiger partial charge in [0.1, 0.15) is 0 Å². The molecule has 0 N–H and O–H groups in total. The minimum absolute atomic E-state index is 0.866. The number of hydrogen-bond donors (Lipinski definition) is 0. The van der Waals surface area contributed by atoms with Crippen molar-refractivity contribution in [3.63, 3.8) is 0 Å². The monoisotopic (exact) mass is 578 g/mol. The highest BCUT2D eigenvalue weighted by atomic mass is 32.2. The van der Waals surface area contributed by atoms with Gasteiger partial charge in [0.15, 0.2) is 0 Å². The Bertz CT molecular complexity index is 403. The maximum atomic E-state index is 2.53. The third-order valence-electron chi connectivity index (χ3n) is 5.08. The van der Waals surface area contributed by atoms with E-state index in [-0.39, 0.29) is 0 Å². The van der Waals surface area contributed by atoms with Crippen LogP contribution in [0.4, 0.5) is 0 Å². The highest BCUT2D eigenvalue weighted by Gasteiger charge is 2.23. The topological polar surface area (TPSA) is 0 Å². The zero-order chi connectivity index (χ0) is 20.9. The lowest BCUT2D eigenvalue weighted by atomic mass is 10.0. The summed E-state index contributed by atoms with van der Waals surface area (Å²) in [5.41, 5.74) is 0. The fourth-order valence-corrected chi connectivity index (χ4v) is 13.2. The van der Waals surface area contributed by atoms with E-state index in [1.807, 2.05) is 0 Å². The van der Waals surface area contributed by atoms with Gasteiger partial charge >= 0.3 is 0 Å². The Morgan fingerprint density at radius 1 is 0.567 bits per heavy atom. The van der Waals surface area contributed by atoms with Gasteiger partial charge in [-0.05, 0) is 29.1 Å². The quantitative estimate of drug-likeness (QED) is 0.0976. The summed E-state index contributed by atoms with van der Waals surface area (Å²) in [6, 6.07) is 0. The maximum absolute atomic E-state index is 2.53. The van der Waals surface area contributed by atoms with Crippen LogP contribution in [0.15, 0.2) is 0 Å². The largest absolute Gasteiger partial charge is 0.161 e. The molecule has 0 radical (unpaired) electrons. The lowest BCUT2D eigenvalue weighted by Gasteiger charge is -2.23. The normalized spacial score (nSPS) is 26.5. The van der Waals surface area contributed by atoms with Crippen molar-refractivity contribution in [1.82, 2.24) is 0 Å². The van der Waals surface area contributed by atoms with E-state index in [2.05, 4.69) is 113 Å². The first kappa shape index (κ1) is 27.7. The Morgan fingerprint density at radius 3 is 1.27 bits per heavy atom. The first-order valence-corrected chi connectivity index (χ1v) is 21.2. The van der Waals surface area contributed by atoms with Gasteiger partial charge < -0.3 is 0 Å². The molecule has 4 atom stereocenters. The molecule has 0 aromatic rings. The van der Waals surface area contributed by atoms with E-state index in [1.54, 1.807) is 0 Å². The first-order valence-electron chi connectivity index (χ1n) is 11.1. The van der Waals surface area contributed by atoms with E-state index >= 15 is 0 Å². The summed E-state index contributed by atoms with van der Waals surface area (Å²) >= 11 is 19.7. The molecular formula is C21H38S9. The Labute approximate surface area is 224 Å². The van der Waals surface area contributed by atoms with Crippen molar-refractivity contribution in [2.75, 3.05) is 86.3 Å². The minimum Gasteiger partial charge on any atom is -0.161 e. The SMILES string of the molecule is CC(CSCCSCC1CS1)C(CSCCSCC1CS1)CSCCSCC1CS1. The molecule has 3 aliphatic heterocycles. The van der Waals surface area contributed by atoms with Crippen molar-refractivity contribution >= 4 is 106 Å². The van der Waals surface area contributed by atoms with Crippen LogP contribution in [0, 0.1) is 11.8 Å². The van der Waals surface area contributed by atoms with Gasteiger partial charge in [0.05, 0.1) is 0 Å². The fourth-order valence-electron chi connectivity index (χ4n) is 2.74. The summed E-state index contributed by atoms with van der Waals surface area (Å²) in [5.74, 6) is 22.5. The second-order valence-electron chi connectivity index (χ2n) is 8.05. The molecule has 0 aromatic carbocycles. The zero-order valence-corrected chi connectivity index (χ0v) is 25.5. The molecule has 0 bridgehead atoms. The summed E-state index contributed by atoms with van der Waals surface area (Å²) in [6.45, 7) is 2.53. The van der Waals surface area contributed by atoms with E-state index in [0.29, 0.717) is 0 Å². The van der Waals surface area contributed by atoms with Gasteiger partial charge in [-0.15, -0.1) is 0 Å². The number of thioether (sulfide) groups is 9. The van der Waals surface area contributed by atoms with Crippen molar-refractivity contribution in [2.24, 2.45) is 11.8 Å². The predicted octanol–water partition coefficient (Wildman–Crippen LogP) is 6.98. The van der Waals surface area contributed by atoms with Crippen LogP contribution in [0.2, 0.25) is 0 Å². The van der Waals surface area contributed by atoms with Crippen molar-refractivity contribution in [3.05, 3.63) is 0 Å². The summed E-state index contributed by atoms with van der Waals surface area (Å²) < 4.78 is 0. The average molecular weight is 579 g/mol. The molecule has 3 aliphatic rings. The Balaban J connectivity index is 1.21. The number of hydrogen-bond acceptors (Lipinski definition) is 9. The van der Waals surface area contributed by atoms with Crippen molar-refractivity contribution in [2.45, 2.75) is 22.7 Å². The summed E-state index contributed by atoms with van der Waals surface area (Å²) in [5, 5.41) is 3.00. The molecule has 3 saturated heterocycles. The smallest absolute Gasteiger partial charge is 0.0229 e. The predicted molar refractivity (Wildman–Crippen MR) is 165 cm³/mol. The van der Waals surface area contributed by atoms with Crippen LogP contribution in [0.5, 0.6) is 0 Å². The Hall–Kier alpha value is 3.15. The summed E-state index contributed by atoms with van der Waals surface area (Å²) in [7, 11) is 0. The molecule has 0 aliphatic carbocycles. The fraction of sp³-hybridized carbons (Fsp3) is 1.00. The number of rotatable bonds is 22. The first-order chi connectivity index (χ1) is 14.8. The van der Waals surface area contributed by atoms with Crippen molar-refractivity contribution < 1.29 is 0 Å². The molecule has 9 heteroatoms. The van der Waals surface area contributed by atoms with Gasteiger partial charge in [-0.2, -0.15) is 106 Å². The molecule has 30 heavy (non-hydrogen) atoms. The van der Waals surface area contributed by atoms with Gasteiger partial charge in [0.25, 0.3) is 0 Å². The van der Waals surface area contributed by atoms with Crippen LogP contribution in [0.25, 0.3) is 0 Å². The highest BCUT2D eigenvalue weighted by molar-refractivity contribution is 8.10. The van der Waals surface area contributed by atoms with Gasteiger partial charge in [-0.3, -0.25) is 0 Å². The molecule has 0 spiro atoms. The Morgan fingerprint density at radius 2 is 0.900 bits per heavy atom. The highest BCUT2D eigenvalue weighted by Crippen LogP contribution is 2.35.